The standard InChI is InChI=1S/C19H22FNO10/c1-8(22)27-14-15(28-9(2)23)17(29-10(3)24)19(31-16(14)18(25)26-4)30-13-6-5-11(21)7-12(13)20/h5-7,14-17,19H,21H2,1-4H3/t14-,15-,16-,17+,19+/m0/s1. The average molecular weight is 443 g/mol. The summed E-state index contributed by atoms with van der Waals surface area (Å²) in [5, 5.41) is 0. The van der Waals surface area contributed by atoms with Crippen LogP contribution in [0.4, 0.5) is 10.1 Å². The molecule has 0 aliphatic carbocycles. The first-order valence-electron chi connectivity index (χ1n) is 9.00. The van der Waals surface area contributed by atoms with Crippen molar-refractivity contribution in [1.82, 2.24) is 0 Å². The van der Waals surface area contributed by atoms with Crippen molar-refractivity contribution in [2.24, 2.45) is 0 Å². The van der Waals surface area contributed by atoms with Gasteiger partial charge in [0.15, 0.2) is 29.9 Å². The van der Waals surface area contributed by atoms with E-state index in [-0.39, 0.29) is 11.4 Å². The van der Waals surface area contributed by atoms with E-state index in [2.05, 4.69) is 4.74 Å². The second-order valence-electron chi connectivity index (χ2n) is 6.48. The fourth-order valence-corrected chi connectivity index (χ4v) is 2.91. The van der Waals surface area contributed by atoms with Crippen LogP contribution < -0.4 is 10.5 Å². The number of hydrogen-bond donors (Lipinski definition) is 1. The Kier molecular flexibility index (Phi) is 7.75. The largest absolute Gasteiger partial charge is 0.467 e. The summed E-state index contributed by atoms with van der Waals surface area (Å²) >= 11 is 0. The van der Waals surface area contributed by atoms with Gasteiger partial charge in [0, 0.05) is 32.5 Å². The first-order chi connectivity index (χ1) is 14.5. The summed E-state index contributed by atoms with van der Waals surface area (Å²) in [6.45, 7) is 3.15. The smallest absolute Gasteiger partial charge is 0.339 e. The van der Waals surface area contributed by atoms with Crippen LogP contribution in [-0.4, -0.2) is 61.7 Å². The molecule has 170 valence electrons. The molecule has 1 aliphatic heterocycles. The van der Waals surface area contributed by atoms with E-state index >= 15 is 0 Å². The summed E-state index contributed by atoms with van der Waals surface area (Å²) in [4.78, 5) is 47.3. The number of ether oxygens (including phenoxy) is 6. The van der Waals surface area contributed by atoms with Gasteiger partial charge in [0.25, 0.3) is 0 Å². The fourth-order valence-electron chi connectivity index (χ4n) is 2.91. The van der Waals surface area contributed by atoms with Crippen LogP contribution in [0.5, 0.6) is 5.75 Å². The molecule has 31 heavy (non-hydrogen) atoms. The fraction of sp³-hybridized carbons (Fsp3) is 0.474. The zero-order chi connectivity index (χ0) is 23.3. The van der Waals surface area contributed by atoms with E-state index in [1.807, 2.05) is 0 Å². The van der Waals surface area contributed by atoms with Crippen molar-refractivity contribution in [3.63, 3.8) is 0 Å². The van der Waals surface area contributed by atoms with E-state index in [1.165, 1.54) is 12.1 Å². The maximum Gasteiger partial charge on any atom is 0.339 e. The molecule has 0 unspecified atom stereocenters. The maximum atomic E-state index is 14.3. The Bertz CT molecular complexity index is 860. The quantitative estimate of drug-likeness (QED) is 0.371. The topological polar surface area (TPSA) is 150 Å². The van der Waals surface area contributed by atoms with Gasteiger partial charge in [0.1, 0.15) is 0 Å². The first-order valence-corrected chi connectivity index (χ1v) is 9.00. The van der Waals surface area contributed by atoms with E-state index in [0.717, 1.165) is 33.9 Å². The summed E-state index contributed by atoms with van der Waals surface area (Å²) in [5.41, 5.74) is 5.63. The number of esters is 4. The number of nitrogens with two attached hydrogens (primary N) is 1. The number of hydrogen-bond acceptors (Lipinski definition) is 11. The molecule has 0 aromatic heterocycles. The highest BCUT2D eigenvalue weighted by molar-refractivity contribution is 5.77. The van der Waals surface area contributed by atoms with Crippen LogP contribution in [0.15, 0.2) is 18.2 Å². The lowest BCUT2D eigenvalue weighted by Crippen LogP contribution is -2.64. The summed E-state index contributed by atoms with van der Waals surface area (Å²) in [5.74, 6) is -4.75. The van der Waals surface area contributed by atoms with Crippen LogP contribution in [0.25, 0.3) is 0 Å². The number of benzene rings is 1. The van der Waals surface area contributed by atoms with Gasteiger partial charge in [-0.1, -0.05) is 0 Å². The van der Waals surface area contributed by atoms with E-state index in [9.17, 15) is 23.6 Å². The number of halogens is 1. The third kappa shape index (κ3) is 6.04. The van der Waals surface area contributed by atoms with Crippen molar-refractivity contribution in [2.45, 2.75) is 51.5 Å². The molecule has 0 radical (unpaired) electrons. The molecule has 12 heteroatoms. The molecule has 1 aromatic rings. The minimum Gasteiger partial charge on any atom is -0.467 e. The summed E-state index contributed by atoms with van der Waals surface area (Å²) < 4.78 is 45.4. The van der Waals surface area contributed by atoms with E-state index in [0.29, 0.717) is 0 Å². The van der Waals surface area contributed by atoms with Crippen LogP contribution in [0.2, 0.25) is 0 Å². The second kappa shape index (κ2) is 10.1. The van der Waals surface area contributed by atoms with E-state index < -0.39 is 60.4 Å². The van der Waals surface area contributed by atoms with Gasteiger partial charge in [-0.25, -0.2) is 9.18 Å². The van der Waals surface area contributed by atoms with Crippen molar-refractivity contribution in [1.29, 1.82) is 0 Å². The summed E-state index contributed by atoms with van der Waals surface area (Å²) in [6, 6.07) is 3.50. The van der Waals surface area contributed by atoms with Crippen LogP contribution in [0, 0.1) is 5.82 Å². The molecule has 5 atom stereocenters. The van der Waals surface area contributed by atoms with Crippen LogP contribution in [-0.2, 0) is 42.9 Å². The van der Waals surface area contributed by atoms with Gasteiger partial charge in [-0.2, -0.15) is 0 Å². The Morgan fingerprint density at radius 2 is 1.48 bits per heavy atom. The number of rotatable bonds is 6. The molecule has 0 saturated carbocycles. The lowest BCUT2D eigenvalue weighted by Gasteiger charge is -2.43. The molecule has 0 bridgehead atoms. The minimum absolute atomic E-state index is 0.117. The third-order valence-electron chi connectivity index (χ3n) is 4.03. The SMILES string of the molecule is COC(=O)[C@H]1O[C@@H](Oc2ccc(N)cc2F)[C@H](OC(C)=O)[C@@H](OC(C)=O)[C@@H]1OC(C)=O. The maximum absolute atomic E-state index is 14.3. The molecule has 1 aromatic carbocycles. The lowest BCUT2D eigenvalue weighted by atomic mass is 9.97. The summed E-state index contributed by atoms with van der Waals surface area (Å²) in [6.07, 6.45) is -7.92. The lowest BCUT2D eigenvalue weighted by molar-refractivity contribution is -0.282. The number of anilines is 1. The Morgan fingerprint density at radius 3 is 2.00 bits per heavy atom. The van der Waals surface area contributed by atoms with Crippen molar-refractivity contribution in [3.8, 4) is 5.75 Å². The van der Waals surface area contributed by atoms with Gasteiger partial charge in [-0.3, -0.25) is 14.4 Å². The second-order valence-corrected chi connectivity index (χ2v) is 6.48. The zero-order valence-corrected chi connectivity index (χ0v) is 17.2. The average Bonchev–Trinajstić information content (AvgIpc) is 2.66. The van der Waals surface area contributed by atoms with Crippen LogP contribution >= 0.6 is 0 Å². The highest BCUT2D eigenvalue weighted by Gasteiger charge is 2.55. The van der Waals surface area contributed by atoms with E-state index in [1.54, 1.807) is 0 Å². The Labute approximate surface area is 176 Å². The predicted octanol–water partition coefficient (Wildman–Crippen LogP) is 0.480. The van der Waals surface area contributed by atoms with Crippen molar-refractivity contribution in [2.75, 3.05) is 12.8 Å². The van der Waals surface area contributed by atoms with Gasteiger partial charge in [-0.05, 0) is 12.1 Å². The molecule has 1 saturated heterocycles. The predicted molar refractivity (Wildman–Crippen MR) is 98.8 cm³/mol. The molecule has 1 aliphatic rings. The Morgan fingerprint density at radius 1 is 0.935 bits per heavy atom. The zero-order valence-electron chi connectivity index (χ0n) is 17.2. The van der Waals surface area contributed by atoms with Crippen molar-refractivity contribution in [3.05, 3.63) is 24.0 Å². The first kappa shape index (κ1) is 23.9. The third-order valence-corrected chi connectivity index (χ3v) is 4.03. The molecule has 2 rings (SSSR count). The van der Waals surface area contributed by atoms with E-state index in [4.69, 9.17) is 29.4 Å². The molecule has 1 fully saturated rings. The number of nitrogen functional groups attached to an aromatic ring is 1. The molecule has 0 amide bonds. The Hall–Kier alpha value is -3.41. The monoisotopic (exact) mass is 443 g/mol. The molecule has 2 N–H and O–H groups in total. The van der Waals surface area contributed by atoms with Gasteiger partial charge >= 0.3 is 23.9 Å². The minimum atomic E-state index is -1.65. The molecular weight excluding hydrogens is 421 g/mol. The summed E-state index contributed by atoms with van der Waals surface area (Å²) in [7, 11) is 1.05. The molecule has 1 heterocycles. The van der Waals surface area contributed by atoms with Gasteiger partial charge in [-0.15, -0.1) is 0 Å². The molecule has 11 nitrogen and oxygen atoms in total. The highest BCUT2D eigenvalue weighted by Crippen LogP contribution is 2.32. The number of methoxy groups -OCH3 is 1. The van der Waals surface area contributed by atoms with Crippen molar-refractivity contribution >= 4 is 29.6 Å². The number of carbonyl (C=O) groups excluding carboxylic acids is 4. The van der Waals surface area contributed by atoms with Gasteiger partial charge in [0.2, 0.25) is 12.4 Å². The molecular formula is C19H22FNO10. The van der Waals surface area contributed by atoms with Gasteiger partial charge < -0.3 is 34.2 Å². The Balaban J connectivity index is 2.52. The van der Waals surface area contributed by atoms with Crippen LogP contribution in [0.3, 0.4) is 0 Å². The normalized spacial score (nSPS) is 25.1. The highest BCUT2D eigenvalue weighted by atomic mass is 19.1. The van der Waals surface area contributed by atoms with Gasteiger partial charge in [0.05, 0.1) is 7.11 Å². The van der Waals surface area contributed by atoms with Crippen LogP contribution in [0.1, 0.15) is 20.8 Å². The molecule has 0 spiro atoms. The van der Waals surface area contributed by atoms with Crippen molar-refractivity contribution < 1.29 is 52.0 Å². The number of carbonyl (C=O) groups is 4.